The number of carbonyl (C=O) groups is 1. The van der Waals surface area contributed by atoms with Gasteiger partial charge in [-0.15, -0.1) is 0 Å². The summed E-state index contributed by atoms with van der Waals surface area (Å²) in [4.78, 5) is 14.1. The number of amides is 1. The molecule has 0 aromatic heterocycles. The third-order valence-corrected chi connectivity index (χ3v) is 3.19. The molecular formula is C15H24N2O2. The molecule has 4 nitrogen and oxygen atoms in total. The fraction of sp³-hybridized carbons (Fsp3) is 0.533. The minimum Gasteiger partial charge on any atom is -0.384 e. The van der Waals surface area contributed by atoms with Gasteiger partial charge in [0.05, 0.1) is 19.2 Å². The lowest BCUT2D eigenvalue weighted by atomic mass is 9.99. The van der Waals surface area contributed by atoms with Crippen molar-refractivity contribution < 1.29 is 9.53 Å². The Morgan fingerprint density at radius 1 is 1.32 bits per heavy atom. The Hall–Kier alpha value is -1.39. The minimum absolute atomic E-state index is 0.0663. The summed E-state index contributed by atoms with van der Waals surface area (Å²) in [5.41, 5.74) is 6.72. The summed E-state index contributed by atoms with van der Waals surface area (Å²) in [5.74, 6) is 0.177. The zero-order chi connectivity index (χ0) is 14.3. The van der Waals surface area contributed by atoms with E-state index in [1.165, 1.54) is 0 Å². The topological polar surface area (TPSA) is 55.6 Å². The zero-order valence-electron chi connectivity index (χ0n) is 12.0. The highest BCUT2D eigenvalue weighted by atomic mass is 16.5. The lowest BCUT2D eigenvalue weighted by Gasteiger charge is -2.27. The fourth-order valence-electron chi connectivity index (χ4n) is 2.13. The van der Waals surface area contributed by atoms with E-state index in [1.54, 1.807) is 12.0 Å². The molecule has 2 atom stereocenters. The van der Waals surface area contributed by atoms with Crippen LogP contribution in [-0.4, -0.2) is 37.7 Å². The van der Waals surface area contributed by atoms with Gasteiger partial charge in [-0.3, -0.25) is 4.79 Å². The monoisotopic (exact) mass is 264 g/mol. The van der Waals surface area contributed by atoms with Crippen molar-refractivity contribution in [1.29, 1.82) is 0 Å². The highest BCUT2D eigenvalue weighted by Gasteiger charge is 2.22. The van der Waals surface area contributed by atoms with Crippen molar-refractivity contribution in [2.45, 2.75) is 19.8 Å². The number of ether oxygens (including phenoxy) is 1. The quantitative estimate of drug-likeness (QED) is 0.764. The molecular weight excluding hydrogens is 240 g/mol. The third-order valence-electron chi connectivity index (χ3n) is 3.19. The van der Waals surface area contributed by atoms with Gasteiger partial charge in [-0.25, -0.2) is 0 Å². The van der Waals surface area contributed by atoms with Crippen LogP contribution < -0.4 is 5.73 Å². The van der Waals surface area contributed by atoms with E-state index in [4.69, 9.17) is 10.5 Å². The minimum atomic E-state index is -0.167. The van der Waals surface area contributed by atoms with Gasteiger partial charge in [0.2, 0.25) is 5.91 Å². The van der Waals surface area contributed by atoms with E-state index >= 15 is 0 Å². The summed E-state index contributed by atoms with van der Waals surface area (Å²) in [6, 6.07) is 9.77. The van der Waals surface area contributed by atoms with Gasteiger partial charge < -0.3 is 15.4 Å². The molecule has 1 amide bonds. The molecule has 0 saturated carbocycles. The van der Waals surface area contributed by atoms with Gasteiger partial charge in [-0.2, -0.15) is 0 Å². The predicted octanol–water partition coefficient (Wildman–Crippen LogP) is 1.82. The van der Waals surface area contributed by atoms with Gasteiger partial charge in [-0.05, 0) is 18.4 Å². The zero-order valence-corrected chi connectivity index (χ0v) is 12.0. The number of nitrogens with two attached hydrogens (primary N) is 1. The van der Waals surface area contributed by atoms with Crippen LogP contribution in [0.2, 0.25) is 0 Å². The fourth-order valence-corrected chi connectivity index (χ4v) is 2.13. The van der Waals surface area contributed by atoms with Crippen molar-refractivity contribution in [3.8, 4) is 0 Å². The van der Waals surface area contributed by atoms with E-state index < -0.39 is 0 Å². The Balaban J connectivity index is 2.68. The van der Waals surface area contributed by atoms with E-state index in [-0.39, 0.29) is 24.4 Å². The van der Waals surface area contributed by atoms with Crippen LogP contribution in [0.15, 0.2) is 30.3 Å². The molecule has 0 bridgehead atoms. The molecule has 19 heavy (non-hydrogen) atoms. The van der Waals surface area contributed by atoms with Gasteiger partial charge in [0, 0.05) is 13.7 Å². The number of rotatable bonds is 7. The van der Waals surface area contributed by atoms with Gasteiger partial charge >= 0.3 is 0 Å². The first-order valence-corrected chi connectivity index (χ1v) is 6.62. The Morgan fingerprint density at radius 3 is 2.47 bits per heavy atom. The maximum Gasteiger partial charge on any atom is 0.230 e. The van der Waals surface area contributed by atoms with Crippen LogP contribution in [0.1, 0.15) is 25.3 Å². The summed E-state index contributed by atoms with van der Waals surface area (Å²) in [6.07, 6.45) is 0. The molecule has 4 heteroatoms. The molecule has 1 aromatic rings. The number of carbonyl (C=O) groups excluding carboxylic acids is 1. The average Bonchev–Trinajstić information content (AvgIpc) is 2.44. The van der Waals surface area contributed by atoms with Crippen LogP contribution in [0.4, 0.5) is 0 Å². The Kier molecular flexibility index (Phi) is 6.53. The second kappa shape index (κ2) is 7.92. The molecule has 2 N–H and O–H groups in total. The van der Waals surface area contributed by atoms with Crippen LogP contribution in [0.5, 0.6) is 0 Å². The third kappa shape index (κ3) is 4.65. The summed E-state index contributed by atoms with van der Waals surface area (Å²) >= 11 is 0. The highest BCUT2D eigenvalue weighted by molar-refractivity contribution is 5.83. The first-order valence-electron chi connectivity index (χ1n) is 6.62. The highest BCUT2D eigenvalue weighted by Crippen LogP contribution is 2.18. The molecule has 0 saturated heterocycles. The second-order valence-corrected chi connectivity index (χ2v) is 4.94. The maximum atomic E-state index is 12.4. The van der Waals surface area contributed by atoms with Gasteiger partial charge in [0.1, 0.15) is 0 Å². The van der Waals surface area contributed by atoms with E-state index in [0.717, 1.165) is 5.56 Å². The lowest BCUT2D eigenvalue weighted by Crippen LogP contribution is -2.41. The van der Waals surface area contributed by atoms with Crippen LogP contribution in [0, 0.1) is 5.92 Å². The molecule has 0 radical (unpaired) electrons. The van der Waals surface area contributed by atoms with Crippen molar-refractivity contribution in [2.75, 3.05) is 26.9 Å². The van der Waals surface area contributed by atoms with Gasteiger partial charge in [-0.1, -0.05) is 37.3 Å². The molecule has 0 fully saturated rings. The average molecular weight is 264 g/mol. The van der Waals surface area contributed by atoms with Crippen LogP contribution >= 0.6 is 0 Å². The molecule has 0 heterocycles. The summed E-state index contributed by atoms with van der Waals surface area (Å²) < 4.78 is 5.10. The van der Waals surface area contributed by atoms with E-state index in [2.05, 4.69) is 0 Å². The van der Waals surface area contributed by atoms with Crippen molar-refractivity contribution in [3.63, 3.8) is 0 Å². The lowest BCUT2D eigenvalue weighted by molar-refractivity contribution is -0.133. The van der Waals surface area contributed by atoms with Crippen molar-refractivity contribution in [1.82, 2.24) is 4.90 Å². The first kappa shape index (κ1) is 15.7. The Morgan fingerprint density at radius 2 is 1.95 bits per heavy atom. The van der Waals surface area contributed by atoms with Crippen molar-refractivity contribution in [3.05, 3.63) is 35.9 Å². The number of methoxy groups -OCH3 is 1. The first-order chi connectivity index (χ1) is 9.10. The molecule has 0 aliphatic rings. The molecule has 0 aliphatic heterocycles. The Labute approximate surface area is 115 Å². The Bertz CT molecular complexity index is 381. The smallest absolute Gasteiger partial charge is 0.230 e. The number of hydrogen-bond acceptors (Lipinski definition) is 3. The standard InChI is InChI=1S/C15H24N2O2/c1-12(10-19-3)9-17(11-16)15(18)13(2)14-7-5-4-6-8-14/h4-8,12-13H,9-11,16H2,1-3H3. The van der Waals surface area contributed by atoms with E-state index in [1.807, 2.05) is 44.2 Å². The SMILES string of the molecule is COCC(C)CN(CN)C(=O)C(C)c1ccccc1. The van der Waals surface area contributed by atoms with Crippen molar-refractivity contribution in [2.24, 2.45) is 11.7 Å². The summed E-state index contributed by atoms with van der Waals surface area (Å²) in [5, 5.41) is 0. The summed E-state index contributed by atoms with van der Waals surface area (Å²) in [7, 11) is 1.66. The second-order valence-electron chi connectivity index (χ2n) is 4.94. The molecule has 2 unspecified atom stereocenters. The molecule has 0 aliphatic carbocycles. The number of hydrogen-bond donors (Lipinski definition) is 1. The maximum absolute atomic E-state index is 12.4. The predicted molar refractivity (Wildman–Crippen MR) is 76.7 cm³/mol. The normalized spacial score (nSPS) is 13.9. The van der Waals surface area contributed by atoms with Gasteiger partial charge in [0.15, 0.2) is 0 Å². The largest absolute Gasteiger partial charge is 0.384 e. The van der Waals surface area contributed by atoms with E-state index in [9.17, 15) is 4.79 Å². The number of benzene rings is 1. The molecule has 106 valence electrons. The van der Waals surface area contributed by atoms with Crippen LogP contribution in [0.25, 0.3) is 0 Å². The van der Waals surface area contributed by atoms with Crippen molar-refractivity contribution >= 4 is 5.91 Å². The molecule has 1 rings (SSSR count). The molecule has 1 aromatic carbocycles. The van der Waals surface area contributed by atoms with Crippen LogP contribution in [0.3, 0.4) is 0 Å². The van der Waals surface area contributed by atoms with E-state index in [0.29, 0.717) is 13.2 Å². The number of nitrogens with zero attached hydrogens (tertiary/aromatic N) is 1. The van der Waals surface area contributed by atoms with Crippen LogP contribution in [-0.2, 0) is 9.53 Å². The molecule has 0 spiro atoms. The summed E-state index contributed by atoms with van der Waals surface area (Å²) in [6.45, 7) is 5.46. The van der Waals surface area contributed by atoms with Gasteiger partial charge in [0.25, 0.3) is 0 Å².